The van der Waals surface area contributed by atoms with Gasteiger partial charge in [0.05, 0.1) is 23.6 Å². The van der Waals surface area contributed by atoms with Crippen molar-refractivity contribution in [1.82, 2.24) is 4.72 Å². The number of benzene rings is 1. The average Bonchev–Trinajstić information content (AvgIpc) is 3.17. The first-order valence-electron chi connectivity index (χ1n) is 8.53. The molecule has 1 saturated carbocycles. The van der Waals surface area contributed by atoms with Gasteiger partial charge in [-0.3, -0.25) is 9.52 Å². The van der Waals surface area contributed by atoms with E-state index in [1.165, 1.54) is 6.26 Å². The number of nitrogens with zero attached hydrogens (tertiary/aromatic N) is 1. The largest absolute Gasteiger partial charge is 0.468 e. The van der Waals surface area contributed by atoms with Crippen LogP contribution in [0, 0.1) is 11.3 Å². The van der Waals surface area contributed by atoms with Crippen LogP contribution in [0.5, 0.6) is 0 Å². The molecule has 0 unspecified atom stereocenters. The second-order valence-corrected chi connectivity index (χ2v) is 8.34. The summed E-state index contributed by atoms with van der Waals surface area (Å²) in [7, 11) is -3.86. The van der Waals surface area contributed by atoms with Crippen molar-refractivity contribution in [2.45, 2.75) is 43.3 Å². The Morgan fingerprint density at radius 2 is 1.85 bits per heavy atom. The normalized spacial score (nSPS) is 16.6. The van der Waals surface area contributed by atoms with Crippen molar-refractivity contribution in [2.75, 3.05) is 0 Å². The molecule has 0 bridgehead atoms. The summed E-state index contributed by atoms with van der Waals surface area (Å²) in [6.07, 6.45) is 5.36. The number of hydrogen-bond acceptors (Lipinski definition) is 5. The molecule has 0 radical (unpaired) electrons. The number of hydrogen-bond donors (Lipinski definition) is 1. The Kier molecular flexibility index (Phi) is 5.14. The molecular formula is C19H20N2O4S. The lowest BCUT2D eigenvalue weighted by atomic mass is 9.72. The van der Waals surface area contributed by atoms with Crippen molar-refractivity contribution in [3.63, 3.8) is 0 Å². The topological polar surface area (TPSA) is 100 Å². The molecule has 1 aliphatic carbocycles. The summed E-state index contributed by atoms with van der Waals surface area (Å²) in [5.74, 6) is -0.331. The molecular weight excluding hydrogens is 352 g/mol. The molecule has 3 rings (SSSR count). The monoisotopic (exact) mass is 372 g/mol. The van der Waals surface area contributed by atoms with E-state index in [1.807, 2.05) is 6.07 Å². The zero-order valence-electron chi connectivity index (χ0n) is 14.3. The summed E-state index contributed by atoms with van der Waals surface area (Å²) in [5, 5.41) is 8.81. The molecule has 1 aromatic carbocycles. The van der Waals surface area contributed by atoms with E-state index in [1.54, 1.807) is 36.4 Å². The average molecular weight is 372 g/mol. The van der Waals surface area contributed by atoms with Crippen molar-refractivity contribution < 1.29 is 17.6 Å². The van der Waals surface area contributed by atoms with E-state index in [-0.39, 0.29) is 5.75 Å². The maximum atomic E-state index is 12.9. The summed E-state index contributed by atoms with van der Waals surface area (Å²) in [5.41, 5.74) is 0.0357. The first kappa shape index (κ1) is 18.2. The smallest absolute Gasteiger partial charge is 0.247 e. The van der Waals surface area contributed by atoms with Gasteiger partial charge in [0.15, 0.2) is 0 Å². The van der Waals surface area contributed by atoms with E-state index in [0.717, 1.165) is 19.3 Å². The van der Waals surface area contributed by atoms with Gasteiger partial charge in [0.1, 0.15) is 11.2 Å². The first-order valence-corrected chi connectivity index (χ1v) is 10.2. The van der Waals surface area contributed by atoms with Crippen LogP contribution in [0.1, 0.15) is 49.0 Å². The lowest BCUT2D eigenvalue weighted by molar-refractivity contribution is -0.126. The molecule has 7 heteroatoms. The van der Waals surface area contributed by atoms with Crippen LogP contribution in [0.25, 0.3) is 0 Å². The highest BCUT2D eigenvalue weighted by molar-refractivity contribution is 7.89. The number of nitrogens with one attached hydrogen (secondary N) is 1. The minimum atomic E-state index is -3.86. The third-order valence-electron chi connectivity index (χ3n) is 4.82. The van der Waals surface area contributed by atoms with Crippen LogP contribution in [-0.2, 0) is 26.0 Å². The quantitative estimate of drug-likeness (QED) is 0.869. The zero-order valence-corrected chi connectivity index (χ0v) is 15.1. The molecule has 2 aromatic rings. The third kappa shape index (κ3) is 3.81. The lowest BCUT2D eigenvalue weighted by Gasteiger charge is -2.33. The van der Waals surface area contributed by atoms with E-state index in [2.05, 4.69) is 4.72 Å². The zero-order chi connectivity index (χ0) is 18.6. The highest BCUT2D eigenvalue weighted by Crippen LogP contribution is 2.40. The predicted molar refractivity (Wildman–Crippen MR) is 95.4 cm³/mol. The van der Waals surface area contributed by atoms with E-state index in [9.17, 15) is 13.2 Å². The minimum Gasteiger partial charge on any atom is -0.468 e. The van der Waals surface area contributed by atoms with E-state index < -0.39 is 21.3 Å². The van der Waals surface area contributed by atoms with Gasteiger partial charge >= 0.3 is 0 Å². The Balaban J connectivity index is 1.78. The van der Waals surface area contributed by atoms with Gasteiger partial charge in [0.25, 0.3) is 0 Å². The van der Waals surface area contributed by atoms with Crippen LogP contribution < -0.4 is 4.72 Å². The summed E-state index contributed by atoms with van der Waals surface area (Å²) >= 11 is 0. The molecule has 1 fully saturated rings. The van der Waals surface area contributed by atoms with Gasteiger partial charge in [0, 0.05) is 0 Å². The van der Waals surface area contributed by atoms with Crippen molar-refractivity contribution in [2.24, 2.45) is 0 Å². The number of nitriles is 1. The van der Waals surface area contributed by atoms with Crippen molar-refractivity contribution >= 4 is 15.9 Å². The fourth-order valence-electron chi connectivity index (χ4n) is 3.46. The molecule has 6 nitrogen and oxygen atoms in total. The molecule has 26 heavy (non-hydrogen) atoms. The Labute approximate surface area is 152 Å². The van der Waals surface area contributed by atoms with E-state index >= 15 is 0 Å². The number of furan rings is 1. The number of sulfonamides is 1. The van der Waals surface area contributed by atoms with Crippen LogP contribution in [-0.4, -0.2) is 14.3 Å². The molecule has 0 spiro atoms. The lowest BCUT2D eigenvalue weighted by Crippen LogP contribution is -2.47. The van der Waals surface area contributed by atoms with Crippen LogP contribution in [0.2, 0.25) is 0 Å². The van der Waals surface area contributed by atoms with E-state index in [4.69, 9.17) is 9.68 Å². The maximum Gasteiger partial charge on any atom is 0.247 e. The highest BCUT2D eigenvalue weighted by atomic mass is 32.2. The van der Waals surface area contributed by atoms with Gasteiger partial charge < -0.3 is 4.42 Å². The number of rotatable bonds is 5. The van der Waals surface area contributed by atoms with Crippen molar-refractivity contribution in [1.29, 1.82) is 5.26 Å². The Hall–Kier alpha value is -2.59. The van der Waals surface area contributed by atoms with Crippen LogP contribution in [0.4, 0.5) is 0 Å². The SMILES string of the molecule is N#Cc1ccc(CS(=O)(=O)NC(=O)C2(c3ccco3)CCCCC2)cc1. The molecule has 1 aliphatic rings. The van der Waals surface area contributed by atoms with Gasteiger partial charge in [0.2, 0.25) is 15.9 Å². The van der Waals surface area contributed by atoms with Gasteiger partial charge in [-0.1, -0.05) is 31.4 Å². The highest BCUT2D eigenvalue weighted by Gasteiger charge is 2.44. The van der Waals surface area contributed by atoms with Crippen molar-refractivity contribution in [3.05, 3.63) is 59.5 Å². The Morgan fingerprint density at radius 1 is 1.15 bits per heavy atom. The summed E-state index contributed by atoms with van der Waals surface area (Å²) in [4.78, 5) is 12.9. The van der Waals surface area contributed by atoms with Gasteiger partial charge in [-0.05, 0) is 42.7 Å². The van der Waals surface area contributed by atoms with Gasteiger partial charge in [-0.2, -0.15) is 5.26 Å². The van der Waals surface area contributed by atoms with Gasteiger partial charge in [-0.25, -0.2) is 8.42 Å². The second-order valence-electron chi connectivity index (χ2n) is 6.62. The summed E-state index contributed by atoms with van der Waals surface area (Å²) < 4.78 is 32.7. The predicted octanol–water partition coefficient (Wildman–Crippen LogP) is 3.00. The standard InChI is InChI=1S/C19H20N2O4S/c20-13-15-6-8-16(9-7-15)14-26(23,24)21-18(22)19(10-2-1-3-11-19)17-5-4-12-25-17/h4-9,12H,1-3,10-11,14H2,(H,21,22). The fourth-order valence-corrected chi connectivity index (χ4v) is 4.64. The maximum absolute atomic E-state index is 12.9. The third-order valence-corrected chi connectivity index (χ3v) is 6.03. The van der Waals surface area contributed by atoms with Gasteiger partial charge in [-0.15, -0.1) is 0 Å². The summed E-state index contributed by atoms with van der Waals surface area (Å²) in [6.45, 7) is 0. The van der Waals surface area contributed by atoms with Crippen LogP contribution >= 0.6 is 0 Å². The number of carbonyl (C=O) groups is 1. The number of amides is 1. The van der Waals surface area contributed by atoms with Crippen LogP contribution in [0.15, 0.2) is 47.1 Å². The molecule has 0 aliphatic heterocycles. The molecule has 1 aromatic heterocycles. The van der Waals surface area contributed by atoms with E-state index in [0.29, 0.717) is 29.7 Å². The Morgan fingerprint density at radius 3 is 2.42 bits per heavy atom. The van der Waals surface area contributed by atoms with Crippen LogP contribution in [0.3, 0.4) is 0 Å². The summed E-state index contributed by atoms with van der Waals surface area (Å²) in [6, 6.07) is 11.7. The molecule has 0 saturated heterocycles. The first-order chi connectivity index (χ1) is 12.5. The molecule has 1 amide bonds. The van der Waals surface area contributed by atoms with Crippen molar-refractivity contribution in [3.8, 4) is 6.07 Å². The second kappa shape index (κ2) is 7.34. The molecule has 136 valence electrons. The minimum absolute atomic E-state index is 0.321. The molecule has 1 heterocycles. The number of carbonyl (C=O) groups excluding carboxylic acids is 1. The fraction of sp³-hybridized carbons (Fsp3) is 0.368. The Bertz CT molecular complexity index is 903. The molecule has 0 atom stereocenters. The molecule has 1 N–H and O–H groups in total.